The monoisotopic (exact) mass is 470 g/mol. The zero-order chi connectivity index (χ0) is 23.6. The van der Waals surface area contributed by atoms with E-state index in [-0.39, 0.29) is 6.61 Å². The first kappa shape index (κ1) is 23.3. The van der Waals surface area contributed by atoms with Gasteiger partial charge in [-0.05, 0) is 55.0 Å². The number of benzene rings is 2. The van der Waals surface area contributed by atoms with Crippen molar-refractivity contribution in [1.82, 2.24) is 0 Å². The molecule has 0 aromatic heterocycles. The van der Waals surface area contributed by atoms with Crippen molar-refractivity contribution in [3.8, 4) is 5.75 Å². The highest BCUT2D eigenvalue weighted by molar-refractivity contribution is 7.92. The summed E-state index contributed by atoms with van der Waals surface area (Å²) in [5, 5.41) is 11.7. The number of aliphatic hydroxyl groups is 1. The third-order valence-electron chi connectivity index (χ3n) is 6.95. The molecule has 1 aliphatic heterocycles. The van der Waals surface area contributed by atoms with Crippen LogP contribution in [0.2, 0.25) is 0 Å². The Morgan fingerprint density at radius 3 is 2.85 bits per heavy atom. The molecule has 2 aromatic carbocycles. The van der Waals surface area contributed by atoms with Crippen molar-refractivity contribution < 1.29 is 23.1 Å². The summed E-state index contributed by atoms with van der Waals surface area (Å²) in [4.78, 5) is 11.7. The molecule has 3 atom stereocenters. The first-order valence-electron chi connectivity index (χ1n) is 11.2. The van der Waals surface area contributed by atoms with Crippen molar-refractivity contribution in [2.45, 2.75) is 41.6 Å². The van der Waals surface area contributed by atoms with E-state index in [1.165, 1.54) is 0 Å². The van der Waals surface area contributed by atoms with E-state index in [9.17, 15) is 18.3 Å². The molecule has 2 aromatic rings. The number of aryl methyl sites for hydroxylation is 1. The second kappa shape index (κ2) is 9.19. The highest BCUT2D eigenvalue weighted by atomic mass is 32.2. The summed E-state index contributed by atoms with van der Waals surface area (Å²) in [7, 11) is -3.71. The maximum Gasteiger partial charge on any atom is 0.248 e. The van der Waals surface area contributed by atoms with Crippen molar-refractivity contribution in [1.29, 1.82) is 0 Å². The zero-order valence-electron chi connectivity index (χ0n) is 18.5. The van der Waals surface area contributed by atoms with E-state index in [0.29, 0.717) is 49.2 Å². The predicted molar refractivity (Wildman–Crippen MR) is 128 cm³/mol. The summed E-state index contributed by atoms with van der Waals surface area (Å²) in [6, 6.07) is 12.8. The SMILES string of the molecule is C=CCC[C@@H](CO)S(=O)(=O)C1CCc2ccccc2C12CNc1cc(C(N)=O)ccc1OC2. The number of primary amides is 1. The lowest BCUT2D eigenvalue weighted by Gasteiger charge is -2.44. The molecule has 1 spiro atoms. The fourth-order valence-corrected chi connectivity index (χ4v) is 7.66. The Bertz CT molecular complexity index is 1160. The largest absolute Gasteiger partial charge is 0.490 e. The Hall–Kier alpha value is -2.84. The quantitative estimate of drug-likeness (QED) is 0.535. The molecule has 4 rings (SSSR count). The number of allylic oxidation sites excluding steroid dienone is 1. The molecule has 2 aliphatic rings. The van der Waals surface area contributed by atoms with Crippen LogP contribution in [0, 0.1) is 0 Å². The van der Waals surface area contributed by atoms with E-state index in [0.717, 1.165) is 11.1 Å². The summed E-state index contributed by atoms with van der Waals surface area (Å²) < 4.78 is 34.0. The topological polar surface area (TPSA) is 119 Å². The van der Waals surface area contributed by atoms with Crippen molar-refractivity contribution in [3.63, 3.8) is 0 Å². The predicted octanol–water partition coefficient (Wildman–Crippen LogP) is 2.58. The van der Waals surface area contributed by atoms with Crippen LogP contribution in [0.5, 0.6) is 5.75 Å². The Labute approximate surface area is 194 Å². The minimum Gasteiger partial charge on any atom is -0.490 e. The van der Waals surface area contributed by atoms with Gasteiger partial charge in [0.2, 0.25) is 5.91 Å². The summed E-state index contributed by atoms with van der Waals surface area (Å²) >= 11 is 0. The van der Waals surface area contributed by atoms with E-state index in [1.54, 1.807) is 24.3 Å². The maximum atomic E-state index is 13.9. The van der Waals surface area contributed by atoms with Crippen LogP contribution in [0.1, 0.15) is 40.7 Å². The van der Waals surface area contributed by atoms with E-state index in [1.807, 2.05) is 24.3 Å². The summed E-state index contributed by atoms with van der Waals surface area (Å²) in [6.07, 6.45) is 3.59. The second-order valence-electron chi connectivity index (χ2n) is 8.82. The maximum absolute atomic E-state index is 13.9. The number of nitrogens with one attached hydrogen (secondary N) is 1. The van der Waals surface area contributed by atoms with E-state index in [4.69, 9.17) is 10.5 Å². The molecule has 1 amide bonds. The lowest BCUT2D eigenvalue weighted by molar-refractivity contribution is 0.1000. The molecular formula is C25H30N2O5S. The Balaban J connectivity index is 1.79. The molecule has 1 aliphatic carbocycles. The first-order chi connectivity index (χ1) is 15.8. The number of hydrogen-bond donors (Lipinski definition) is 3. The molecule has 0 radical (unpaired) electrons. The van der Waals surface area contributed by atoms with Gasteiger partial charge in [-0.1, -0.05) is 30.3 Å². The number of anilines is 1. The van der Waals surface area contributed by atoms with E-state index in [2.05, 4.69) is 11.9 Å². The third-order valence-corrected chi connectivity index (χ3v) is 9.74. The Morgan fingerprint density at radius 1 is 1.33 bits per heavy atom. The van der Waals surface area contributed by atoms with E-state index >= 15 is 0 Å². The van der Waals surface area contributed by atoms with Crippen LogP contribution in [0.3, 0.4) is 0 Å². The number of hydrogen-bond acceptors (Lipinski definition) is 6. The van der Waals surface area contributed by atoms with Crippen LogP contribution in [0.15, 0.2) is 55.1 Å². The lowest BCUT2D eigenvalue weighted by Crippen LogP contribution is -2.57. The summed E-state index contributed by atoms with van der Waals surface area (Å²) in [5.41, 5.74) is 7.57. The van der Waals surface area contributed by atoms with Gasteiger partial charge in [0.25, 0.3) is 0 Å². The summed E-state index contributed by atoms with van der Waals surface area (Å²) in [5.74, 6) is -0.00326. The van der Waals surface area contributed by atoms with Gasteiger partial charge in [0.1, 0.15) is 12.4 Å². The van der Waals surface area contributed by atoms with E-state index < -0.39 is 38.3 Å². The van der Waals surface area contributed by atoms with Crippen LogP contribution in [0.4, 0.5) is 5.69 Å². The molecule has 0 saturated carbocycles. The van der Waals surface area contributed by atoms with Gasteiger partial charge < -0.3 is 20.9 Å². The van der Waals surface area contributed by atoms with Gasteiger partial charge in [0.05, 0.1) is 28.2 Å². The average Bonchev–Trinajstić information content (AvgIpc) is 3.00. The number of carbonyl (C=O) groups excluding carboxylic acids is 1. The minimum atomic E-state index is -3.71. The van der Waals surface area contributed by atoms with Gasteiger partial charge in [-0.3, -0.25) is 4.79 Å². The summed E-state index contributed by atoms with van der Waals surface area (Å²) in [6.45, 7) is 3.72. The fourth-order valence-electron chi connectivity index (χ4n) is 5.17. The minimum absolute atomic E-state index is 0.156. The van der Waals surface area contributed by atoms with Gasteiger partial charge in [0.15, 0.2) is 9.84 Å². The molecule has 1 heterocycles. The van der Waals surface area contributed by atoms with Crippen molar-refractivity contribution in [3.05, 3.63) is 71.8 Å². The van der Waals surface area contributed by atoms with Crippen LogP contribution in [-0.2, 0) is 21.7 Å². The number of ether oxygens (including phenoxy) is 1. The number of aliphatic hydroxyl groups excluding tert-OH is 1. The van der Waals surface area contributed by atoms with Gasteiger partial charge in [-0.2, -0.15) is 0 Å². The fraction of sp³-hybridized carbons (Fsp3) is 0.400. The smallest absolute Gasteiger partial charge is 0.248 e. The van der Waals surface area contributed by atoms with Crippen molar-refractivity contribution in [2.75, 3.05) is 25.1 Å². The van der Waals surface area contributed by atoms with Crippen molar-refractivity contribution >= 4 is 21.4 Å². The Morgan fingerprint density at radius 2 is 2.12 bits per heavy atom. The average molecular weight is 471 g/mol. The molecule has 0 bridgehead atoms. The molecule has 33 heavy (non-hydrogen) atoms. The number of amides is 1. The van der Waals surface area contributed by atoms with Gasteiger partial charge in [0, 0.05) is 12.1 Å². The standard InChI is InChI=1S/C25H30N2O5S/c1-2-3-7-19(14-28)33(30,31)23-12-10-17-6-4-5-8-20(17)25(23)15-27-21-13-18(24(26)29)9-11-22(21)32-16-25/h2,4-6,8-9,11,13,19,23,27-28H,1,3,7,10,12,14-16H2,(H2,26,29)/t19-,23?,25?/m0/s1. The van der Waals surface area contributed by atoms with Crippen LogP contribution in [-0.4, -0.2) is 49.7 Å². The highest BCUT2D eigenvalue weighted by Crippen LogP contribution is 2.45. The zero-order valence-corrected chi connectivity index (χ0v) is 19.3. The number of nitrogens with two attached hydrogens (primary N) is 1. The Kier molecular flexibility index (Phi) is 6.50. The molecule has 4 N–H and O–H groups in total. The van der Waals surface area contributed by atoms with Crippen LogP contribution in [0.25, 0.3) is 0 Å². The van der Waals surface area contributed by atoms with Crippen LogP contribution >= 0.6 is 0 Å². The number of rotatable bonds is 7. The molecule has 2 unspecified atom stereocenters. The van der Waals surface area contributed by atoms with Crippen LogP contribution < -0.4 is 15.8 Å². The highest BCUT2D eigenvalue weighted by Gasteiger charge is 2.53. The van der Waals surface area contributed by atoms with Crippen molar-refractivity contribution in [2.24, 2.45) is 5.73 Å². The lowest BCUT2D eigenvalue weighted by atomic mass is 9.70. The molecular weight excluding hydrogens is 440 g/mol. The normalized spacial score (nSPS) is 22.8. The van der Waals surface area contributed by atoms with Gasteiger partial charge in [-0.15, -0.1) is 6.58 Å². The number of carbonyl (C=O) groups is 1. The molecule has 0 saturated heterocycles. The third kappa shape index (κ3) is 4.13. The molecule has 176 valence electrons. The van der Waals surface area contributed by atoms with Gasteiger partial charge in [-0.25, -0.2) is 8.42 Å². The molecule has 7 nitrogen and oxygen atoms in total. The molecule has 0 fully saturated rings. The number of sulfone groups is 1. The second-order valence-corrected chi connectivity index (χ2v) is 11.2. The first-order valence-corrected chi connectivity index (χ1v) is 12.8. The molecule has 8 heteroatoms. The van der Waals surface area contributed by atoms with Gasteiger partial charge >= 0.3 is 0 Å². The number of fused-ring (bicyclic) bond motifs is 3.